The van der Waals surface area contributed by atoms with Crippen molar-refractivity contribution in [1.29, 1.82) is 0 Å². The van der Waals surface area contributed by atoms with Gasteiger partial charge in [0.1, 0.15) is 73.8 Å². The fourth-order valence-corrected chi connectivity index (χ4v) is 3.32. The molecule has 0 saturated carbocycles. The number of epoxide rings is 4. The van der Waals surface area contributed by atoms with E-state index in [2.05, 4.69) is 0 Å². The predicted molar refractivity (Wildman–Crippen MR) is 123 cm³/mol. The third-order valence-corrected chi connectivity index (χ3v) is 5.63. The molecule has 2 aromatic rings. The van der Waals surface area contributed by atoms with E-state index >= 15 is 0 Å². The molecule has 6 rings (SSSR count). The third-order valence-electron chi connectivity index (χ3n) is 5.63. The minimum atomic E-state index is 0.187. The third kappa shape index (κ3) is 6.87. The summed E-state index contributed by atoms with van der Waals surface area (Å²) in [5.41, 5.74) is 1.93. The van der Waals surface area contributed by atoms with Crippen LogP contribution in [0.15, 0.2) is 36.4 Å². The maximum absolute atomic E-state index is 5.91. The van der Waals surface area contributed by atoms with Gasteiger partial charge in [0.25, 0.3) is 0 Å². The Morgan fingerprint density at radius 1 is 0.500 bits per heavy atom. The first kappa shape index (κ1) is 21.7. The van der Waals surface area contributed by atoms with Crippen molar-refractivity contribution in [2.45, 2.75) is 24.4 Å². The molecule has 4 atom stereocenters. The van der Waals surface area contributed by atoms with Crippen LogP contribution in [-0.2, 0) is 18.9 Å². The lowest BCUT2D eigenvalue weighted by Gasteiger charge is -2.11. The summed E-state index contributed by atoms with van der Waals surface area (Å²) < 4.78 is 44.7. The quantitative estimate of drug-likeness (QED) is 0.309. The van der Waals surface area contributed by atoms with E-state index < -0.39 is 0 Å². The maximum atomic E-state index is 5.91. The summed E-state index contributed by atoms with van der Waals surface area (Å²) in [4.78, 5) is 0. The van der Waals surface area contributed by atoms with Crippen LogP contribution in [0.5, 0.6) is 23.0 Å². The topological polar surface area (TPSA) is 87.0 Å². The molecule has 4 saturated heterocycles. The summed E-state index contributed by atoms with van der Waals surface area (Å²) in [6.45, 7) is 5.16. The molecule has 4 heterocycles. The van der Waals surface area contributed by atoms with Gasteiger partial charge in [0.15, 0.2) is 0 Å². The summed E-state index contributed by atoms with van der Waals surface area (Å²) in [5.74, 6) is 3.00. The first-order valence-electron chi connectivity index (χ1n) is 11.7. The van der Waals surface area contributed by atoms with Crippen LogP contribution in [0, 0.1) is 0 Å². The molecule has 0 spiro atoms. The smallest absolute Gasteiger partial charge is 0.123 e. The van der Waals surface area contributed by atoms with Gasteiger partial charge in [-0.2, -0.15) is 0 Å². The molecular formula is C26H28O8. The highest BCUT2D eigenvalue weighted by molar-refractivity contribution is 5.72. The summed E-state index contributed by atoms with van der Waals surface area (Å²) in [7, 11) is 0. The van der Waals surface area contributed by atoms with E-state index in [0.717, 1.165) is 60.6 Å². The van der Waals surface area contributed by atoms with Gasteiger partial charge in [0.05, 0.1) is 26.4 Å². The molecule has 8 heteroatoms. The number of rotatable bonds is 14. The van der Waals surface area contributed by atoms with Crippen molar-refractivity contribution < 1.29 is 37.9 Å². The minimum Gasteiger partial charge on any atom is -0.491 e. The van der Waals surface area contributed by atoms with Gasteiger partial charge in [-0.1, -0.05) is 12.2 Å². The first-order valence-corrected chi connectivity index (χ1v) is 11.7. The highest BCUT2D eigenvalue weighted by atomic mass is 16.6. The van der Waals surface area contributed by atoms with Crippen LogP contribution in [0.2, 0.25) is 0 Å². The second-order valence-electron chi connectivity index (χ2n) is 8.87. The summed E-state index contributed by atoms with van der Waals surface area (Å²) in [5, 5.41) is 0. The molecule has 180 valence electrons. The van der Waals surface area contributed by atoms with Crippen molar-refractivity contribution in [1.82, 2.24) is 0 Å². The molecule has 0 aliphatic carbocycles. The summed E-state index contributed by atoms with van der Waals surface area (Å²) >= 11 is 0. The lowest BCUT2D eigenvalue weighted by molar-refractivity contribution is 0.252. The average molecular weight is 469 g/mol. The zero-order valence-electron chi connectivity index (χ0n) is 18.9. The Bertz CT molecular complexity index is 871. The van der Waals surface area contributed by atoms with Gasteiger partial charge in [-0.15, -0.1) is 0 Å². The molecule has 0 N–H and O–H groups in total. The predicted octanol–water partition coefficient (Wildman–Crippen LogP) is 2.97. The van der Waals surface area contributed by atoms with E-state index in [4.69, 9.17) is 37.9 Å². The maximum Gasteiger partial charge on any atom is 0.123 e. The Hall–Kier alpha value is -2.78. The number of hydrogen-bond acceptors (Lipinski definition) is 8. The number of hydrogen-bond donors (Lipinski definition) is 0. The molecule has 0 radical (unpaired) electrons. The van der Waals surface area contributed by atoms with Crippen molar-refractivity contribution in [3.05, 3.63) is 47.5 Å². The number of ether oxygens (including phenoxy) is 8. The summed E-state index contributed by atoms with van der Waals surface area (Å²) in [6.07, 6.45) is 4.80. The average Bonchev–Trinajstić information content (AvgIpc) is 3.70. The Labute approximate surface area is 198 Å². The van der Waals surface area contributed by atoms with Crippen LogP contribution >= 0.6 is 0 Å². The fraction of sp³-hybridized carbons (Fsp3) is 0.462. The van der Waals surface area contributed by atoms with Crippen LogP contribution < -0.4 is 18.9 Å². The monoisotopic (exact) mass is 468 g/mol. The zero-order valence-corrected chi connectivity index (χ0v) is 18.9. The molecule has 0 amide bonds. The first-order chi connectivity index (χ1) is 16.7. The van der Waals surface area contributed by atoms with Gasteiger partial charge in [-0.25, -0.2) is 0 Å². The van der Waals surface area contributed by atoms with Crippen LogP contribution in [0.4, 0.5) is 0 Å². The molecule has 2 aromatic carbocycles. The van der Waals surface area contributed by atoms with Crippen LogP contribution in [-0.4, -0.2) is 77.3 Å². The Morgan fingerprint density at radius 2 is 0.765 bits per heavy atom. The molecule has 8 nitrogen and oxygen atoms in total. The lowest BCUT2D eigenvalue weighted by Crippen LogP contribution is -2.06. The van der Waals surface area contributed by atoms with Crippen molar-refractivity contribution >= 4 is 12.2 Å². The molecule has 0 aromatic heterocycles. The van der Waals surface area contributed by atoms with Gasteiger partial charge < -0.3 is 37.9 Å². The van der Waals surface area contributed by atoms with E-state index in [1.54, 1.807) is 0 Å². The Morgan fingerprint density at radius 3 is 1.00 bits per heavy atom. The van der Waals surface area contributed by atoms with E-state index in [0.29, 0.717) is 26.4 Å². The standard InChI is InChI=1S/C26H28O8/c1(17-3-19(27-9-23-13-31-23)7-20(4-17)28-10-24-14-32-24)2-18-5-21(29-11-25-15-33-25)8-22(6-18)30-12-26-16-34-26/h1-8,23-26H,9-16H2/b2-1+. The molecule has 0 bridgehead atoms. The minimum absolute atomic E-state index is 0.187. The molecule has 4 aliphatic heterocycles. The van der Waals surface area contributed by atoms with Gasteiger partial charge in [-0.05, 0) is 35.4 Å². The number of benzene rings is 2. The largest absolute Gasteiger partial charge is 0.491 e. The van der Waals surface area contributed by atoms with Crippen LogP contribution in [0.25, 0.3) is 12.2 Å². The molecule has 4 fully saturated rings. The van der Waals surface area contributed by atoms with E-state index in [1.807, 2.05) is 48.6 Å². The normalized spacial score (nSPS) is 26.2. The highest BCUT2D eigenvalue weighted by Gasteiger charge is 2.25. The zero-order chi connectivity index (χ0) is 22.7. The van der Waals surface area contributed by atoms with Gasteiger partial charge in [0.2, 0.25) is 0 Å². The van der Waals surface area contributed by atoms with Crippen molar-refractivity contribution in [3.8, 4) is 23.0 Å². The molecule has 34 heavy (non-hydrogen) atoms. The van der Waals surface area contributed by atoms with E-state index in [9.17, 15) is 0 Å². The SMILES string of the molecule is C(=C\c1cc(OCC2CO2)cc(OCC2CO2)c1)/c1cc(OCC2CO2)cc(OCC2CO2)c1. The van der Waals surface area contributed by atoms with Gasteiger partial charge >= 0.3 is 0 Å². The molecular weight excluding hydrogens is 440 g/mol. The second kappa shape index (κ2) is 9.84. The highest BCUT2D eigenvalue weighted by Crippen LogP contribution is 2.29. The van der Waals surface area contributed by atoms with Crippen LogP contribution in [0.3, 0.4) is 0 Å². The lowest BCUT2D eigenvalue weighted by atomic mass is 10.1. The van der Waals surface area contributed by atoms with Gasteiger partial charge in [0, 0.05) is 12.1 Å². The van der Waals surface area contributed by atoms with Crippen molar-refractivity contribution in [2.75, 3.05) is 52.9 Å². The Kier molecular flexibility index (Phi) is 6.29. The van der Waals surface area contributed by atoms with E-state index in [-0.39, 0.29) is 24.4 Å². The Balaban J connectivity index is 1.18. The van der Waals surface area contributed by atoms with Crippen molar-refractivity contribution in [2.24, 2.45) is 0 Å². The van der Waals surface area contributed by atoms with Gasteiger partial charge in [-0.3, -0.25) is 0 Å². The molecule has 4 aliphatic rings. The summed E-state index contributed by atoms with van der Waals surface area (Å²) in [6, 6.07) is 11.8. The second-order valence-corrected chi connectivity index (χ2v) is 8.87. The van der Waals surface area contributed by atoms with Crippen molar-refractivity contribution in [3.63, 3.8) is 0 Å². The molecule has 4 unspecified atom stereocenters. The van der Waals surface area contributed by atoms with E-state index in [1.165, 1.54) is 0 Å². The fourth-order valence-electron chi connectivity index (χ4n) is 3.32. The van der Waals surface area contributed by atoms with Crippen LogP contribution in [0.1, 0.15) is 11.1 Å².